The molecule has 4 heterocycles. The number of rotatable bonds is 4. The Hall–Kier alpha value is -2.97. The minimum absolute atomic E-state index is 0.0227. The van der Waals surface area contributed by atoms with Gasteiger partial charge in [0.25, 0.3) is 5.91 Å². The maximum absolute atomic E-state index is 12.4. The quantitative estimate of drug-likeness (QED) is 0.852. The van der Waals surface area contributed by atoms with E-state index in [0.717, 1.165) is 17.3 Å². The van der Waals surface area contributed by atoms with Gasteiger partial charge in [-0.25, -0.2) is 15.0 Å². The summed E-state index contributed by atoms with van der Waals surface area (Å²) < 4.78 is 4.87. The maximum Gasteiger partial charge on any atom is 0.275 e. The zero-order valence-electron chi connectivity index (χ0n) is 16.5. The molecule has 0 bridgehead atoms. The molecule has 4 rings (SSSR count). The predicted molar refractivity (Wildman–Crippen MR) is 102 cm³/mol. The molecule has 1 atom stereocenters. The fourth-order valence-electron chi connectivity index (χ4n) is 3.97. The lowest BCUT2D eigenvalue weighted by molar-refractivity contribution is -0.118. The van der Waals surface area contributed by atoms with Crippen molar-refractivity contribution in [1.82, 2.24) is 19.9 Å². The zero-order valence-corrected chi connectivity index (χ0v) is 16.5. The molecular weight excluding hydrogens is 360 g/mol. The second-order valence-corrected chi connectivity index (χ2v) is 7.87. The van der Waals surface area contributed by atoms with Crippen molar-refractivity contribution in [2.45, 2.75) is 33.2 Å². The number of aryl methyl sites for hydroxylation is 1. The van der Waals surface area contributed by atoms with E-state index in [1.807, 2.05) is 32.7 Å². The fourth-order valence-corrected chi connectivity index (χ4v) is 3.97. The Labute approximate surface area is 163 Å². The highest BCUT2D eigenvalue weighted by molar-refractivity contribution is 6.03. The van der Waals surface area contributed by atoms with E-state index in [4.69, 9.17) is 9.40 Å². The molecule has 1 N–H and O–H groups in total. The van der Waals surface area contributed by atoms with Crippen LogP contribution in [0.4, 0.5) is 11.5 Å². The molecule has 9 heteroatoms. The van der Waals surface area contributed by atoms with Gasteiger partial charge in [-0.3, -0.25) is 9.59 Å². The molecule has 1 saturated heterocycles. The van der Waals surface area contributed by atoms with Gasteiger partial charge in [0.15, 0.2) is 17.9 Å². The van der Waals surface area contributed by atoms with Crippen molar-refractivity contribution < 1.29 is 14.0 Å². The summed E-state index contributed by atoms with van der Waals surface area (Å²) in [5.41, 5.74) is 1.78. The van der Waals surface area contributed by atoms with Crippen molar-refractivity contribution in [2.24, 2.45) is 11.8 Å². The van der Waals surface area contributed by atoms with Gasteiger partial charge in [0.05, 0.1) is 5.69 Å². The molecule has 0 unspecified atom stereocenters. The van der Waals surface area contributed by atoms with Crippen LogP contribution in [0, 0.1) is 18.8 Å². The van der Waals surface area contributed by atoms with Crippen molar-refractivity contribution in [1.29, 1.82) is 0 Å². The van der Waals surface area contributed by atoms with Crippen LogP contribution in [0.2, 0.25) is 0 Å². The van der Waals surface area contributed by atoms with E-state index >= 15 is 0 Å². The van der Waals surface area contributed by atoms with Gasteiger partial charge < -0.3 is 19.5 Å². The number of fused-ring (bicyclic) bond motifs is 1. The number of amides is 2. The van der Waals surface area contributed by atoms with Crippen LogP contribution in [-0.2, 0) is 11.2 Å². The van der Waals surface area contributed by atoms with Gasteiger partial charge in [-0.05, 0) is 12.8 Å². The minimum atomic E-state index is -0.256. The standard InChI is InChI=1S/C19H24N6O3/c1-10(2)16-18(26)23-15-11(3)21-14(22-17(15)24(16)4)5-12-6-25(7-12)19(27)13-8-28-9-20-13/h8-10,12,16H,5-7H2,1-4H3,(H,23,26)/t16-/m0/s1. The predicted octanol–water partition coefficient (Wildman–Crippen LogP) is 1.50. The number of carbonyl (C=O) groups excluding carboxylic acids is 2. The third-order valence-corrected chi connectivity index (χ3v) is 5.38. The van der Waals surface area contributed by atoms with Gasteiger partial charge >= 0.3 is 0 Å². The summed E-state index contributed by atoms with van der Waals surface area (Å²) in [6.45, 7) is 7.22. The minimum Gasteiger partial charge on any atom is -0.451 e. The SMILES string of the molecule is Cc1nc(CC2CN(C(=O)c3cocn3)C2)nc2c1NC(=O)[C@H](C(C)C)N2C. The highest BCUT2D eigenvalue weighted by Crippen LogP contribution is 2.34. The molecule has 0 aromatic carbocycles. The van der Waals surface area contributed by atoms with Crippen LogP contribution in [0.25, 0.3) is 0 Å². The second kappa shape index (κ2) is 6.88. The topological polar surface area (TPSA) is 104 Å². The third-order valence-electron chi connectivity index (χ3n) is 5.38. The fraction of sp³-hybridized carbons (Fsp3) is 0.526. The summed E-state index contributed by atoms with van der Waals surface area (Å²) in [5, 5.41) is 2.96. The highest BCUT2D eigenvalue weighted by atomic mass is 16.3. The molecule has 2 aromatic rings. The number of hydrogen-bond donors (Lipinski definition) is 1. The van der Waals surface area contributed by atoms with Gasteiger partial charge in [0.2, 0.25) is 5.91 Å². The normalized spacial score (nSPS) is 19.5. The van der Waals surface area contributed by atoms with E-state index in [1.54, 1.807) is 4.90 Å². The first-order valence-corrected chi connectivity index (χ1v) is 9.43. The monoisotopic (exact) mass is 384 g/mol. The molecule has 2 aliphatic rings. The Bertz CT molecular complexity index is 905. The van der Waals surface area contributed by atoms with Gasteiger partial charge in [-0.1, -0.05) is 13.8 Å². The van der Waals surface area contributed by atoms with E-state index in [1.165, 1.54) is 12.7 Å². The Morgan fingerprint density at radius 1 is 1.36 bits per heavy atom. The second-order valence-electron chi connectivity index (χ2n) is 7.87. The average Bonchev–Trinajstić information content (AvgIpc) is 3.12. The van der Waals surface area contributed by atoms with E-state index in [-0.39, 0.29) is 23.8 Å². The van der Waals surface area contributed by atoms with Crippen LogP contribution < -0.4 is 10.2 Å². The number of nitrogens with zero attached hydrogens (tertiary/aromatic N) is 5. The molecule has 2 amide bonds. The van der Waals surface area contributed by atoms with E-state index in [2.05, 4.69) is 15.3 Å². The van der Waals surface area contributed by atoms with Gasteiger partial charge in [-0.15, -0.1) is 0 Å². The first-order valence-electron chi connectivity index (χ1n) is 9.43. The number of likely N-dealkylation sites (N-methyl/N-ethyl adjacent to an activating group) is 1. The number of likely N-dealkylation sites (tertiary alicyclic amines) is 1. The number of carbonyl (C=O) groups is 2. The summed E-state index contributed by atoms with van der Waals surface area (Å²) in [5.74, 6) is 1.83. The average molecular weight is 384 g/mol. The Balaban J connectivity index is 1.47. The van der Waals surface area contributed by atoms with Gasteiger partial charge in [0.1, 0.15) is 23.8 Å². The summed E-state index contributed by atoms with van der Waals surface area (Å²) in [4.78, 5) is 41.6. The van der Waals surface area contributed by atoms with Crippen molar-refractivity contribution >= 4 is 23.3 Å². The first-order chi connectivity index (χ1) is 13.3. The Morgan fingerprint density at radius 2 is 2.11 bits per heavy atom. The van der Waals surface area contributed by atoms with Crippen LogP contribution in [-0.4, -0.2) is 57.8 Å². The number of hydrogen-bond acceptors (Lipinski definition) is 7. The van der Waals surface area contributed by atoms with Crippen LogP contribution in [0.1, 0.15) is 35.9 Å². The highest BCUT2D eigenvalue weighted by Gasteiger charge is 2.36. The van der Waals surface area contributed by atoms with Crippen molar-refractivity contribution in [3.8, 4) is 0 Å². The van der Waals surface area contributed by atoms with Crippen LogP contribution in [0.3, 0.4) is 0 Å². The number of nitrogens with one attached hydrogen (secondary N) is 1. The Kier molecular flexibility index (Phi) is 4.52. The van der Waals surface area contributed by atoms with E-state index in [9.17, 15) is 9.59 Å². The summed E-state index contributed by atoms with van der Waals surface area (Å²) in [6.07, 6.45) is 3.31. The lowest BCUT2D eigenvalue weighted by atomic mass is 9.95. The molecule has 0 spiro atoms. The Morgan fingerprint density at radius 3 is 2.75 bits per heavy atom. The molecule has 2 aliphatic heterocycles. The molecule has 2 aromatic heterocycles. The summed E-state index contributed by atoms with van der Waals surface area (Å²) >= 11 is 0. The molecule has 0 saturated carbocycles. The molecule has 9 nitrogen and oxygen atoms in total. The van der Waals surface area contributed by atoms with E-state index in [0.29, 0.717) is 36.8 Å². The van der Waals surface area contributed by atoms with Gasteiger partial charge in [0, 0.05) is 32.5 Å². The van der Waals surface area contributed by atoms with Crippen LogP contribution in [0.5, 0.6) is 0 Å². The number of oxazole rings is 1. The molecule has 28 heavy (non-hydrogen) atoms. The zero-order chi connectivity index (χ0) is 20.0. The maximum atomic E-state index is 12.4. The lowest BCUT2D eigenvalue weighted by Crippen LogP contribution is -2.51. The van der Waals surface area contributed by atoms with Gasteiger partial charge in [-0.2, -0.15) is 0 Å². The molecular formula is C19H24N6O3. The third kappa shape index (κ3) is 3.10. The van der Waals surface area contributed by atoms with Crippen molar-refractivity contribution in [3.05, 3.63) is 29.9 Å². The largest absolute Gasteiger partial charge is 0.451 e. The summed E-state index contributed by atoms with van der Waals surface area (Å²) in [6, 6.07) is -0.256. The smallest absolute Gasteiger partial charge is 0.275 e. The van der Waals surface area contributed by atoms with Crippen LogP contribution >= 0.6 is 0 Å². The number of aromatic nitrogens is 3. The molecule has 0 aliphatic carbocycles. The summed E-state index contributed by atoms with van der Waals surface area (Å²) in [7, 11) is 1.90. The van der Waals surface area contributed by atoms with E-state index < -0.39 is 0 Å². The number of anilines is 2. The van der Waals surface area contributed by atoms with Crippen LogP contribution in [0.15, 0.2) is 17.1 Å². The van der Waals surface area contributed by atoms with Crippen molar-refractivity contribution in [3.63, 3.8) is 0 Å². The van der Waals surface area contributed by atoms with Crippen molar-refractivity contribution in [2.75, 3.05) is 30.4 Å². The molecule has 0 radical (unpaired) electrons. The molecule has 148 valence electrons. The lowest BCUT2D eigenvalue weighted by Gasteiger charge is -2.39. The first kappa shape index (κ1) is 18.4. The molecule has 1 fully saturated rings.